The highest BCUT2D eigenvalue weighted by atomic mass is 35.5. The average Bonchev–Trinajstić information content (AvgIpc) is 2.63. The van der Waals surface area contributed by atoms with Crippen molar-refractivity contribution in [3.8, 4) is 0 Å². The molecule has 0 saturated heterocycles. The molecular formula is C14H21ClN2O. The highest BCUT2D eigenvalue weighted by molar-refractivity contribution is 6.32. The quantitative estimate of drug-likeness (QED) is 0.740. The number of aryl methyl sites for hydroxylation is 2. The highest BCUT2D eigenvalue weighted by Gasteiger charge is 2.15. The monoisotopic (exact) mass is 268 g/mol. The molecule has 4 heteroatoms. The lowest BCUT2D eigenvalue weighted by Gasteiger charge is -2.02. The van der Waals surface area contributed by atoms with E-state index < -0.39 is 0 Å². The number of allylic oxidation sites excluding steroid dienone is 2. The lowest BCUT2D eigenvalue weighted by atomic mass is 10.1. The summed E-state index contributed by atoms with van der Waals surface area (Å²) >= 11 is 6.22. The number of halogens is 1. The Morgan fingerprint density at radius 2 is 1.94 bits per heavy atom. The molecule has 18 heavy (non-hydrogen) atoms. The van der Waals surface area contributed by atoms with Gasteiger partial charge in [0.15, 0.2) is 5.78 Å². The first-order valence-electron chi connectivity index (χ1n) is 6.45. The molecule has 0 aliphatic heterocycles. The fraction of sp³-hybridized carbons (Fsp3) is 0.571. The van der Waals surface area contributed by atoms with Gasteiger partial charge in [-0.05, 0) is 25.3 Å². The molecule has 0 atom stereocenters. The summed E-state index contributed by atoms with van der Waals surface area (Å²) in [7, 11) is 1.83. The van der Waals surface area contributed by atoms with Crippen LogP contribution in [-0.2, 0) is 24.7 Å². The Hall–Kier alpha value is -1.09. The van der Waals surface area contributed by atoms with Crippen molar-refractivity contribution >= 4 is 17.4 Å². The van der Waals surface area contributed by atoms with Crippen molar-refractivity contribution in [1.82, 2.24) is 9.78 Å². The predicted molar refractivity (Wildman–Crippen MR) is 75.0 cm³/mol. The molecule has 0 radical (unpaired) electrons. The van der Waals surface area contributed by atoms with Crippen LogP contribution in [0.3, 0.4) is 0 Å². The van der Waals surface area contributed by atoms with Crippen LogP contribution in [0, 0.1) is 0 Å². The van der Waals surface area contributed by atoms with E-state index in [1.165, 1.54) is 5.57 Å². The second-order valence-electron chi connectivity index (χ2n) is 4.34. The maximum absolute atomic E-state index is 12.0. The third-order valence-electron chi connectivity index (χ3n) is 3.12. The molecule has 3 nitrogen and oxygen atoms in total. The molecule has 0 N–H and O–H groups in total. The van der Waals surface area contributed by atoms with Crippen LogP contribution in [-0.4, -0.2) is 15.6 Å². The average molecular weight is 269 g/mol. The number of ketones is 1. The van der Waals surface area contributed by atoms with E-state index in [9.17, 15) is 4.79 Å². The minimum atomic E-state index is 0.0984. The zero-order valence-corrected chi connectivity index (χ0v) is 12.3. The van der Waals surface area contributed by atoms with Crippen molar-refractivity contribution in [3.05, 3.63) is 28.1 Å². The van der Waals surface area contributed by atoms with Crippen LogP contribution in [0.4, 0.5) is 0 Å². The summed E-state index contributed by atoms with van der Waals surface area (Å²) in [5.41, 5.74) is 2.84. The van der Waals surface area contributed by atoms with E-state index in [1.54, 1.807) is 10.8 Å². The topological polar surface area (TPSA) is 34.9 Å². The van der Waals surface area contributed by atoms with Crippen LogP contribution >= 0.6 is 11.6 Å². The SMILES string of the molecule is CCC(=CC(=O)Cc1c(Cl)c(CC)nn1C)CC. The van der Waals surface area contributed by atoms with Crippen molar-refractivity contribution in [1.29, 1.82) is 0 Å². The Labute approximate surface area is 114 Å². The Bertz CT molecular complexity index is 455. The number of aromatic nitrogens is 2. The molecule has 0 aliphatic rings. The summed E-state index contributed by atoms with van der Waals surface area (Å²) in [6, 6.07) is 0. The van der Waals surface area contributed by atoms with Gasteiger partial charge in [-0.15, -0.1) is 0 Å². The molecule has 0 amide bonds. The van der Waals surface area contributed by atoms with Crippen molar-refractivity contribution < 1.29 is 4.79 Å². The molecule has 0 saturated carbocycles. The molecule has 100 valence electrons. The highest BCUT2D eigenvalue weighted by Crippen LogP contribution is 2.21. The van der Waals surface area contributed by atoms with E-state index in [2.05, 4.69) is 18.9 Å². The van der Waals surface area contributed by atoms with Gasteiger partial charge in [0.1, 0.15) is 0 Å². The molecule has 1 aromatic heterocycles. The minimum Gasteiger partial charge on any atom is -0.294 e. The van der Waals surface area contributed by atoms with Gasteiger partial charge in [-0.2, -0.15) is 5.10 Å². The molecule has 1 rings (SSSR count). The standard InChI is InChI=1S/C14H21ClN2O/c1-5-10(6-2)8-11(18)9-13-14(15)12(7-3)16-17(13)4/h8H,5-7,9H2,1-4H3. The van der Waals surface area contributed by atoms with Gasteiger partial charge in [-0.25, -0.2) is 0 Å². The summed E-state index contributed by atoms with van der Waals surface area (Å²) in [6.07, 6.45) is 4.69. The summed E-state index contributed by atoms with van der Waals surface area (Å²) < 4.78 is 1.71. The van der Waals surface area contributed by atoms with Crippen LogP contribution in [0.5, 0.6) is 0 Å². The van der Waals surface area contributed by atoms with Crippen molar-refractivity contribution in [2.45, 2.75) is 46.5 Å². The van der Waals surface area contributed by atoms with Gasteiger partial charge in [0.2, 0.25) is 0 Å². The smallest absolute Gasteiger partial charge is 0.161 e. The Morgan fingerprint density at radius 1 is 1.33 bits per heavy atom. The minimum absolute atomic E-state index is 0.0984. The Morgan fingerprint density at radius 3 is 2.39 bits per heavy atom. The van der Waals surface area contributed by atoms with Gasteiger partial charge in [0, 0.05) is 7.05 Å². The third-order valence-corrected chi connectivity index (χ3v) is 3.55. The molecule has 0 spiro atoms. The fourth-order valence-corrected chi connectivity index (χ4v) is 2.27. The second kappa shape index (κ2) is 6.74. The van der Waals surface area contributed by atoms with Gasteiger partial charge in [0.25, 0.3) is 0 Å². The molecule has 0 fully saturated rings. The lowest BCUT2D eigenvalue weighted by molar-refractivity contribution is -0.114. The van der Waals surface area contributed by atoms with E-state index in [0.717, 1.165) is 30.7 Å². The van der Waals surface area contributed by atoms with Crippen LogP contribution in [0.1, 0.15) is 45.0 Å². The molecule has 1 heterocycles. The largest absolute Gasteiger partial charge is 0.294 e. The van der Waals surface area contributed by atoms with Gasteiger partial charge >= 0.3 is 0 Å². The summed E-state index contributed by atoms with van der Waals surface area (Å²) in [4.78, 5) is 12.0. The van der Waals surface area contributed by atoms with Gasteiger partial charge in [-0.1, -0.05) is 37.9 Å². The van der Waals surface area contributed by atoms with Crippen LogP contribution in [0.2, 0.25) is 5.02 Å². The van der Waals surface area contributed by atoms with Crippen molar-refractivity contribution in [3.63, 3.8) is 0 Å². The van der Waals surface area contributed by atoms with E-state index >= 15 is 0 Å². The van der Waals surface area contributed by atoms with Crippen LogP contribution in [0.15, 0.2) is 11.6 Å². The zero-order chi connectivity index (χ0) is 13.7. The first kappa shape index (κ1) is 15.0. The molecule has 1 aromatic rings. The lowest BCUT2D eigenvalue weighted by Crippen LogP contribution is -2.06. The first-order valence-corrected chi connectivity index (χ1v) is 6.83. The number of hydrogen-bond donors (Lipinski definition) is 0. The van der Waals surface area contributed by atoms with Gasteiger partial charge < -0.3 is 0 Å². The summed E-state index contributed by atoms with van der Waals surface area (Å²) in [5.74, 6) is 0.0984. The number of rotatable bonds is 6. The predicted octanol–water partition coefficient (Wildman–Crippen LogP) is 3.49. The Balaban J connectivity index is 2.88. The number of nitrogens with zero attached hydrogens (tertiary/aromatic N) is 2. The molecular weight excluding hydrogens is 248 g/mol. The molecule has 0 bridgehead atoms. The Kier molecular flexibility index (Phi) is 5.60. The molecule has 0 unspecified atom stereocenters. The van der Waals surface area contributed by atoms with Gasteiger partial charge in [-0.3, -0.25) is 9.48 Å². The van der Waals surface area contributed by atoms with Crippen molar-refractivity contribution in [2.75, 3.05) is 0 Å². The summed E-state index contributed by atoms with van der Waals surface area (Å²) in [5, 5.41) is 4.95. The second-order valence-corrected chi connectivity index (χ2v) is 4.72. The van der Waals surface area contributed by atoms with Gasteiger partial charge in [0.05, 0.1) is 22.8 Å². The number of hydrogen-bond acceptors (Lipinski definition) is 2. The molecule has 0 aliphatic carbocycles. The number of carbonyl (C=O) groups is 1. The third kappa shape index (κ3) is 3.45. The maximum atomic E-state index is 12.0. The van der Waals surface area contributed by atoms with E-state index in [-0.39, 0.29) is 5.78 Å². The van der Waals surface area contributed by atoms with Crippen molar-refractivity contribution in [2.24, 2.45) is 7.05 Å². The van der Waals surface area contributed by atoms with Crippen LogP contribution in [0.25, 0.3) is 0 Å². The first-order chi connectivity index (χ1) is 8.53. The zero-order valence-electron chi connectivity index (χ0n) is 11.6. The maximum Gasteiger partial charge on any atom is 0.161 e. The summed E-state index contributed by atoms with van der Waals surface area (Å²) in [6.45, 7) is 6.13. The normalized spacial score (nSPS) is 10.5. The number of carbonyl (C=O) groups excluding carboxylic acids is 1. The van der Waals surface area contributed by atoms with E-state index in [4.69, 9.17) is 11.6 Å². The fourth-order valence-electron chi connectivity index (χ4n) is 1.91. The van der Waals surface area contributed by atoms with Crippen LogP contribution < -0.4 is 0 Å². The van der Waals surface area contributed by atoms with E-state index in [0.29, 0.717) is 11.4 Å². The van der Waals surface area contributed by atoms with E-state index in [1.807, 2.05) is 14.0 Å². The molecule has 0 aromatic carbocycles.